The summed E-state index contributed by atoms with van der Waals surface area (Å²) >= 11 is 0. The molecule has 5 heteroatoms. The molecule has 0 aliphatic carbocycles. The minimum absolute atomic E-state index is 0.226. The van der Waals surface area contributed by atoms with Gasteiger partial charge in [-0.3, -0.25) is 4.79 Å². The van der Waals surface area contributed by atoms with E-state index in [1.165, 1.54) is 12.4 Å². The summed E-state index contributed by atoms with van der Waals surface area (Å²) in [5.41, 5.74) is 0.796. The van der Waals surface area contributed by atoms with Gasteiger partial charge < -0.3 is 15.0 Å². The summed E-state index contributed by atoms with van der Waals surface area (Å²) < 4.78 is 5.12. The first-order valence-electron chi connectivity index (χ1n) is 5.20. The molecule has 2 rings (SSSR count). The summed E-state index contributed by atoms with van der Waals surface area (Å²) in [6, 6.07) is 7.63. The van der Waals surface area contributed by atoms with Gasteiger partial charge in [0.2, 0.25) is 0 Å². The van der Waals surface area contributed by atoms with Gasteiger partial charge >= 0.3 is 0 Å². The molecule has 0 atom stereocenters. The van der Waals surface area contributed by atoms with Crippen LogP contribution in [0.1, 0.15) is 5.56 Å². The van der Waals surface area contributed by atoms with Crippen molar-refractivity contribution in [2.75, 3.05) is 12.4 Å². The molecule has 0 amide bonds. The number of nitrogens with zero attached hydrogens (tertiary/aromatic N) is 1. The first kappa shape index (κ1) is 11.2. The largest absolute Gasteiger partial charge is 0.497 e. The molecule has 1 heterocycles. The van der Waals surface area contributed by atoms with Crippen LogP contribution in [0.5, 0.6) is 5.75 Å². The predicted octanol–water partition coefficient (Wildman–Crippen LogP) is 1.39. The summed E-state index contributed by atoms with van der Waals surface area (Å²) in [6.07, 6.45) is 3.04. The third-order valence-electron chi connectivity index (χ3n) is 2.30. The first-order chi connectivity index (χ1) is 8.29. The van der Waals surface area contributed by atoms with Crippen LogP contribution >= 0.6 is 0 Å². The zero-order valence-electron chi connectivity index (χ0n) is 9.43. The van der Waals surface area contributed by atoms with Crippen molar-refractivity contribution in [1.29, 1.82) is 0 Å². The van der Waals surface area contributed by atoms with Crippen LogP contribution in [0.2, 0.25) is 0 Å². The summed E-state index contributed by atoms with van der Waals surface area (Å²) in [4.78, 5) is 17.9. The fourth-order valence-corrected chi connectivity index (χ4v) is 1.45. The number of benzene rings is 1. The van der Waals surface area contributed by atoms with Crippen molar-refractivity contribution in [2.24, 2.45) is 0 Å². The maximum absolute atomic E-state index is 11.4. The summed E-state index contributed by atoms with van der Waals surface area (Å²) in [5.74, 6) is 1.11. The molecule has 0 aliphatic rings. The topological polar surface area (TPSA) is 67.0 Å². The zero-order chi connectivity index (χ0) is 12.1. The van der Waals surface area contributed by atoms with Crippen molar-refractivity contribution in [1.82, 2.24) is 9.97 Å². The molecule has 0 fully saturated rings. The Morgan fingerprint density at radius 1 is 1.47 bits per heavy atom. The molecular weight excluding hydrogens is 218 g/mol. The molecule has 0 radical (unpaired) electrons. The number of anilines is 1. The van der Waals surface area contributed by atoms with E-state index in [0.717, 1.165) is 11.3 Å². The van der Waals surface area contributed by atoms with Gasteiger partial charge in [0.05, 0.1) is 7.11 Å². The van der Waals surface area contributed by atoms with Crippen molar-refractivity contribution >= 4 is 5.82 Å². The lowest BCUT2D eigenvalue weighted by molar-refractivity contribution is 0.414. The summed E-state index contributed by atoms with van der Waals surface area (Å²) in [7, 11) is 1.62. The Morgan fingerprint density at radius 3 is 3.12 bits per heavy atom. The van der Waals surface area contributed by atoms with Gasteiger partial charge in [0, 0.05) is 18.9 Å². The van der Waals surface area contributed by atoms with Crippen molar-refractivity contribution < 1.29 is 4.74 Å². The predicted molar refractivity (Wildman–Crippen MR) is 65.2 cm³/mol. The molecule has 0 saturated heterocycles. The second kappa shape index (κ2) is 5.16. The van der Waals surface area contributed by atoms with Crippen LogP contribution in [0.3, 0.4) is 0 Å². The smallest absolute Gasteiger partial charge is 0.290 e. The van der Waals surface area contributed by atoms with E-state index < -0.39 is 0 Å². The minimum Gasteiger partial charge on any atom is -0.497 e. The third-order valence-corrected chi connectivity index (χ3v) is 2.30. The van der Waals surface area contributed by atoms with Crippen molar-refractivity contribution in [2.45, 2.75) is 6.54 Å². The molecule has 88 valence electrons. The average Bonchev–Trinajstić information content (AvgIpc) is 2.38. The molecule has 5 nitrogen and oxygen atoms in total. The molecule has 1 aromatic carbocycles. The average molecular weight is 231 g/mol. The van der Waals surface area contributed by atoms with Crippen LogP contribution in [-0.4, -0.2) is 17.1 Å². The van der Waals surface area contributed by atoms with Gasteiger partial charge in [-0.1, -0.05) is 12.1 Å². The van der Waals surface area contributed by atoms with E-state index in [9.17, 15) is 4.79 Å². The number of H-pyrrole nitrogens is 1. The highest BCUT2D eigenvalue weighted by Gasteiger charge is 2.00. The van der Waals surface area contributed by atoms with Crippen LogP contribution in [-0.2, 0) is 6.54 Å². The van der Waals surface area contributed by atoms with Gasteiger partial charge in [0.1, 0.15) is 5.75 Å². The molecular formula is C12H13N3O2. The Balaban J connectivity index is 2.07. The van der Waals surface area contributed by atoms with Gasteiger partial charge in [-0.2, -0.15) is 0 Å². The quantitative estimate of drug-likeness (QED) is 0.834. The highest BCUT2D eigenvalue weighted by molar-refractivity contribution is 5.34. The molecule has 0 spiro atoms. The Labute approximate surface area is 98.5 Å². The molecule has 0 bridgehead atoms. The Morgan fingerprint density at radius 2 is 2.35 bits per heavy atom. The molecule has 0 aliphatic heterocycles. The Bertz CT molecular complexity index is 551. The number of ether oxygens (including phenoxy) is 1. The standard InChI is InChI=1S/C12H13N3O2/c1-17-10-4-2-3-9(7-10)8-15-11-12(16)14-6-5-13-11/h2-7H,8H2,1H3,(H,13,15)(H,14,16). The fraction of sp³-hybridized carbons (Fsp3) is 0.167. The first-order valence-corrected chi connectivity index (χ1v) is 5.20. The molecule has 2 N–H and O–H groups in total. The third kappa shape index (κ3) is 2.84. The van der Waals surface area contributed by atoms with Gasteiger partial charge in [-0.15, -0.1) is 0 Å². The van der Waals surface area contributed by atoms with E-state index in [4.69, 9.17) is 4.74 Å². The van der Waals surface area contributed by atoms with E-state index in [1.807, 2.05) is 24.3 Å². The molecule has 1 aromatic heterocycles. The van der Waals surface area contributed by atoms with E-state index in [0.29, 0.717) is 12.4 Å². The lowest BCUT2D eigenvalue weighted by Crippen LogP contribution is -2.15. The van der Waals surface area contributed by atoms with Crippen LogP contribution in [0.15, 0.2) is 41.5 Å². The normalized spacial score (nSPS) is 9.94. The molecule has 17 heavy (non-hydrogen) atoms. The van der Waals surface area contributed by atoms with Gasteiger partial charge in [-0.25, -0.2) is 4.98 Å². The lowest BCUT2D eigenvalue weighted by atomic mass is 10.2. The van der Waals surface area contributed by atoms with Gasteiger partial charge in [0.25, 0.3) is 5.56 Å². The van der Waals surface area contributed by atoms with Crippen LogP contribution in [0.25, 0.3) is 0 Å². The minimum atomic E-state index is -0.226. The van der Waals surface area contributed by atoms with E-state index in [-0.39, 0.29) is 5.56 Å². The molecule has 0 saturated carbocycles. The zero-order valence-corrected chi connectivity index (χ0v) is 9.43. The maximum Gasteiger partial charge on any atom is 0.290 e. The van der Waals surface area contributed by atoms with Crippen LogP contribution < -0.4 is 15.6 Å². The maximum atomic E-state index is 11.4. The number of rotatable bonds is 4. The van der Waals surface area contributed by atoms with Crippen LogP contribution in [0.4, 0.5) is 5.82 Å². The van der Waals surface area contributed by atoms with E-state index >= 15 is 0 Å². The SMILES string of the molecule is COc1cccc(CNc2ncc[nH]c2=O)c1. The highest BCUT2D eigenvalue weighted by atomic mass is 16.5. The number of aromatic amines is 1. The van der Waals surface area contributed by atoms with Crippen LogP contribution in [0, 0.1) is 0 Å². The second-order valence-corrected chi connectivity index (χ2v) is 3.47. The lowest BCUT2D eigenvalue weighted by Gasteiger charge is -2.06. The summed E-state index contributed by atoms with van der Waals surface area (Å²) in [5, 5.41) is 2.97. The number of methoxy groups -OCH3 is 1. The number of nitrogens with one attached hydrogen (secondary N) is 2. The molecule has 0 unspecified atom stereocenters. The highest BCUT2D eigenvalue weighted by Crippen LogP contribution is 2.12. The number of aromatic nitrogens is 2. The monoisotopic (exact) mass is 231 g/mol. The second-order valence-electron chi connectivity index (χ2n) is 3.47. The fourth-order valence-electron chi connectivity index (χ4n) is 1.45. The Kier molecular flexibility index (Phi) is 3.40. The van der Waals surface area contributed by atoms with Crippen molar-refractivity contribution in [3.8, 4) is 5.75 Å². The van der Waals surface area contributed by atoms with Crippen molar-refractivity contribution in [3.63, 3.8) is 0 Å². The molecule has 2 aromatic rings. The van der Waals surface area contributed by atoms with Gasteiger partial charge in [-0.05, 0) is 17.7 Å². The van der Waals surface area contributed by atoms with E-state index in [1.54, 1.807) is 7.11 Å². The Hall–Kier alpha value is -2.30. The van der Waals surface area contributed by atoms with Crippen molar-refractivity contribution in [3.05, 3.63) is 52.6 Å². The van der Waals surface area contributed by atoms with Gasteiger partial charge in [0.15, 0.2) is 5.82 Å². The number of hydrogen-bond acceptors (Lipinski definition) is 4. The van der Waals surface area contributed by atoms with E-state index in [2.05, 4.69) is 15.3 Å². The summed E-state index contributed by atoms with van der Waals surface area (Å²) in [6.45, 7) is 0.525. The number of hydrogen-bond donors (Lipinski definition) is 2.